The number of anilines is 1. The van der Waals surface area contributed by atoms with E-state index in [1.54, 1.807) is 0 Å². The summed E-state index contributed by atoms with van der Waals surface area (Å²) in [5.41, 5.74) is 0.280. The number of nitrogens with one attached hydrogen (secondary N) is 2. The topological polar surface area (TPSA) is 67.4 Å². The van der Waals surface area contributed by atoms with E-state index in [1.165, 1.54) is 19.2 Å². The molecule has 0 saturated heterocycles. The summed E-state index contributed by atoms with van der Waals surface area (Å²) in [4.78, 5) is 0. The number of benzene rings is 1. The number of sulfonamides is 1. The van der Waals surface area contributed by atoms with Gasteiger partial charge in [0.2, 0.25) is 10.0 Å². The highest BCUT2D eigenvalue weighted by Crippen LogP contribution is 2.22. The van der Waals surface area contributed by atoms with E-state index < -0.39 is 15.8 Å². The van der Waals surface area contributed by atoms with Gasteiger partial charge in [-0.15, -0.1) is 0 Å². The predicted octanol–water partition coefficient (Wildman–Crippen LogP) is 1.57. The van der Waals surface area contributed by atoms with Crippen LogP contribution in [-0.2, 0) is 10.0 Å². The maximum Gasteiger partial charge on any atom is 0.233 e. The monoisotopic (exact) mass is 290 g/mol. The first-order chi connectivity index (χ1) is 8.84. The Bertz CT molecular complexity index is 518. The molecule has 0 radical (unpaired) electrons. The highest BCUT2D eigenvalue weighted by atomic mass is 32.2. The third-order valence-electron chi connectivity index (χ3n) is 2.35. The lowest BCUT2D eigenvalue weighted by molar-refractivity contribution is 0.387. The zero-order chi connectivity index (χ0) is 14.5. The van der Waals surface area contributed by atoms with Crippen LogP contribution in [0.2, 0.25) is 0 Å². The number of methoxy groups -OCH3 is 1. The summed E-state index contributed by atoms with van der Waals surface area (Å²) in [5.74, 6) is -0.586. The molecule has 19 heavy (non-hydrogen) atoms. The summed E-state index contributed by atoms with van der Waals surface area (Å²) in [5, 5.41) is 3.02. The standard InChI is InChI=1S/C12H19FN2O3S/c1-9(2)14-6-7-19(16,17)15-10-4-5-11(13)12(8-10)18-3/h4-5,8-9,14-15H,6-7H2,1-3H3. The van der Waals surface area contributed by atoms with Gasteiger partial charge in [0, 0.05) is 18.7 Å². The van der Waals surface area contributed by atoms with E-state index in [0.717, 1.165) is 6.07 Å². The van der Waals surface area contributed by atoms with Gasteiger partial charge in [-0.2, -0.15) is 0 Å². The lowest BCUT2D eigenvalue weighted by Crippen LogP contribution is -2.30. The van der Waals surface area contributed by atoms with E-state index in [4.69, 9.17) is 4.74 Å². The third kappa shape index (κ3) is 5.44. The van der Waals surface area contributed by atoms with Gasteiger partial charge in [-0.3, -0.25) is 4.72 Å². The lowest BCUT2D eigenvalue weighted by Gasteiger charge is -2.11. The molecule has 1 rings (SSSR count). The summed E-state index contributed by atoms with van der Waals surface area (Å²) in [7, 11) is -2.14. The van der Waals surface area contributed by atoms with Crippen LogP contribution in [0, 0.1) is 5.82 Å². The molecule has 0 aliphatic rings. The smallest absolute Gasteiger partial charge is 0.233 e. The second-order valence-corrected chi connectivity index (χ2v) is 6.22. The van der Waals surface area contributed by atoms with Gasteiger partial charge in [0.15, 0.2) is 11.6 Å². The fraction of sp³-hybridized carbons (Fsp3) is 0.500. The minimum Gasteiger partial charge on any atom is -0.494 e. The summed E-state index contributed by atoms with van der Waals surface area (Å²) in [6.45, 7) is 4.22. The van der Waals surface area contributed by atoms with Gasteiger partial charge in [-0.25, -0.2) is 12.8 Å². The van der Waals surface area contributed by atoms with Gasteiger partial charge >= 0.3 is 0 Å². The molecule has 0 bridgehead atoms. The van der Waals surface area contributed by atoms with Crippen molar-refractivity contribution in [1.29, 1.82) is 0 Å². The van der Waals surface area contributed by atoms with Crippen LogP contribution in [0.1, 0.15) is 13.8 Å². The first-order valence-electron chi connectivity index (χ1n) is 5.91. The number of ether oxygens (including phenoxy) is 1. The Labute approximate surface area is 113 Å². The Morgan fingerprint density at radius 2 is 2.05 bits per heavy atom. The summed E-state index contributed by atoms with van der Waals surface area (Å²) >= 11 is 0. The van der Waals surface area contributed by atoms with Gasteiger partial charge in [0.1, 0.15) is 0 Å². The Morgan fingerprint density at radius 3 is 2.63 bits per heavy atom. The van der Waals surface area contributed by atoms with Crippen molar-refractivity contribution >= 4 is 15.7 Å². The van der Waals surface area contributed by atoms with E-state index in [2.05, 4.69) is 10.0 Å². The molecule has 0 spiro atoms. The van der Waals surface area contributed by atoms with Crippen LogP contribution in [-0.4, -0.2) is 33.9 Å². The first kappa shape index (κ1) is 15.7. The minimum atomic E-state index is -3.46. The number of halogens is 1. The van der Waals surface area contributed by atoms with Crippen molar-refractivity contribution in [1.82, 2.24) is 5.32 Å². The minimum absolute atomic E-state index is 0.000468. The molecule has 0 fully saturated rings. The molecular formula is C12H19FN2O3S. The molecule has 5 nitrogen and oxygen atoms in total. The molecule has 1 aromatic carbocycles. The summed E-state index contributed by atoms with van der Waals surface area (Å²) in [6.07, 6.45) is 0. The maximum atomic E-state index is 13.2. The lowest BCUT2D eigenvalue weighted by atomic mass is 10.3. The van der Waals surface area contributed by atoms with Crippen molar-refractivity contribution in [2.45, 2.75) is 19.9 Å². The van der Waals surface area contributed by atoms with E-state index in [9.17, 15) is 12.8 Å². The SMILES string of the molecule is COc1cc(NS(=O)(=O)CCNC(C)C)ccc1F. The zero-order valence-corrected chi connectivity index (χ0v) is 12.1. The van der Waals surface area contributed by atoms with E-state index in [1.807, 2.05) is 13.8 Å². The second-order valence-electron chi connectivity index (χ2n) is 4.38. The largest absolute Gasteiger partial charge is 0.494 e. The molecule has 7 heteroatoms. The highest BCUT2D eigenvalue weighted by Gasteiger charge is 2.12. The fourth-order valence-electron chi connectivity index (χ4n) is 1.44. The van der Waals surface area contributed by atoms with Crippen LogP contribution in [0.5, 0.6) is 5.75 Å². The first-order valence-corrected chi connectivity index (χ1v) is 7.56. The average molecular weight is 290 g/mol. The Morgan fingerprint density at radius 1 is 1.37 bits per heavy atom. The van der Waals surface area contributed by atoms with Crippen LogP contribution >= 0.6 is 0 Å². The normalized spacial score (nSPS) is 11.6. The van der Waals surface area contributed by atoms with Crippen molar-refractivity contribution in [3.8, 4) is 5.75 Å². The maximum absolute atomic E-state index is 13.2. The summed E-state index contributed by atoms with van der Waals surface area (Å²) < 4.78 is 43.9. The van der Waals surface area contributed by atoms with E-state index in [-0.39, 0.29) is 23.2 Å². The van der Waals surface area contributed by atoms with Gasteiger partial charge in [-0.1, -0.05) is 13.8 Å². The molecule has 1 aromatic rings. The van der Waals surface area contributed by atoms with Crippen molar-refractivity contribution in [3.05, 3.63) is 24.0 Å². The third-order valence-corrected chi connectivity index (χ3v) is 3.64. The fourth-order valence-corrected chi connectivity index (χ4v) is 2.41. The molecule has 108 valence electrons. The van der Waals surface area contributed by atoms with Gasteiger partial charge < -0.3 is 10.1 Å². The number of hydrogen-bond donors (Lipinski definition) is 2. The van der Waals surface area contributed by atoms with Gasteiger partial charge in [0.25, 0.3) is 0 Å². The van der Waals surface area contributed by atoms with Crippen LogP contribution in [0.4, 0.5) is 10.1 Å². The Hall–Kier alpha value is -1.34. The second kappa shape index (κ2) is 6.72. The van der Waals surface area contributed by atoms with Gasteiger partial charge in [0.05, 0.1) is 18.6 Å². The molecular weight excluding hydrogens is 271 g/mol. The molecule has 0 atom stereocenters. The van der Waals surface area contributed by atoms with Crippen LogP contribution in [0.3, 0.4) is 0 Å². The molecule has 0 amide bonds. The van der Waals surface area contributed by atoms with Crippen molar-refractivity contribution < 1.29 is 17.5 Å². The quantitative estimate of drug-likeness (QED) is 0.800. The number of rotatable bonds is 7. The molecule has 0 saturated carbocycles. The average Bonchev–Trinajstić information content (AvgIpc) is 2.30. The molecule has 0 aliphatic heterocycles. The molecule has 0 unspecified atom stereocenters. The van der Waals surface area contributed by atoms with Crippen LogP contribution < -0.4 is 14.8 Å². The van der Waals surface area contributed by atoms with Crippen molar-refractivity contribution in [3.63, 3.8) is 0 Å². The Balaban J connectivity index is 2.67. The van der Waals surface area contributed by atoms with E-state index in [0.29, 0.717) is 6.54 Å². The van der Waals surface area contributed by atoms with Gasteiger partial charge in [-0.05, 0) is 12.1 Å². The molecule has 0 heterocycles. The predicted molar refractivity (Wildman–Crippen MR) is 73.5 cm³/mol. The number of hydrogen-bond acceptors (Lipinski definition) is 4. The highest BCUT2D eigenvalue weighted by molar-refractivity contribution is 7.92. The van der Waals surface area contributed by atoms with Crippen molar-refractivity contribution in [2.24, 2.45) is 0 Å². The van der Waals surface area contributed by atoms with Crippen molar-refractivity contribution in [2.75, 3.05) is 24.1 Å². The summed E-state index contributed by atoms with van der Waals surface area (Å²) in [6, 6.07) is 4.04. The van der Waals surface area contributed by atoms with Crippen LogP contribution in [0.15, 0.2) is 18.2 Å². The molecule has 0 aromatic heterocycles. The van der Waals surface area contributed by atoms with Crippen LogP contribution in [0.25, 0.3) is 0 Å². The molecule has 0 aliphatic carbocycles. The Kier molecular flexibility index (Phi) is 5.56. The molecule has 2 N–H and O–H groups in total. The van der Waals surface area contributed by atoms with E-state index >= 15 is 0 Å². The zero-order valence-electron chi connectivity index (χ0n) is 11.2.